The highest BCUT2D eigenvalue weighted by atomic mass is 35.5. The molecule has 4 heterocycles. The molecule has 4 rings (SSSR count). The van der Waals surface area contributed by atoms with Crippen LogP contribution in [0.3, 0.4) is 0 Å². The summed E-state index contributed by atoms with van der Waals surface area (Å²) in [6, 6.07) is 2.04. The zero-order chi connectivity index (χ0) is 17.8. The Labute approximate surface area is 153 Å². The summed E-state index contributed by atoms with van der Waals surface area (Å²) >= 11 is 6.43. The third-order valence-electron chi connectivity index (χ3n) is 5.59. The number of nitrogens with one attached hydrogen (secondary N) is 1. The summed E-state index contributed by atoms with van der Waals surface area (Å²) in [5, 5.41) is 8.35. The zero-order valence-corrected chi connectivity index (χ0v) is 15.9. The summed E-state index contributed by atoms with van der Waals surface area (Å²) in [6.45, 7) is 8.12. The molecule has 0 amide bonds. The average Bonchev–Trinajstić information content (AvgIpc) is 3.13. The van der Waals surface area contributed by atoms with Gasteiger partial charge >= 0.3 is 0 Å². The van der Waals surface area contributed by atoms with E-state index >= 15 is 0 Å². The lowest BCUT2D eigenvalue weighted by Gasteiger charge is -2.37. The van der Waals surface area contributed by atoms with Crippen LogP contribution in [-0.4, -0.2) is 32.8 Å². The smallest absolute Gasteiger partial charge is 0.138 e. The number of aryl methyl sites for hydroxylation is 2. The van der Waals surface area contributed by atoms with Gasteiger partial charge in [0.1, 0.15) is 17.8 Å². The van der Waals surface area contributed by atoms with Gasteiger partial charge in [0.2, 0.25) is 0 Å². The molecule has 2 aliphatic rings. The molecule has 1 atom stereocenters. The van der Waals surface area contributed by atoms with Crippen LogP contribution in [-0.2, 0) is 22.8 Å². The van der Waals surface area contributed by atoms with Crippen molar-refractivity contribution in [1.29, 1.82) is 0 Å². The molecule has 1 saturated heterocycles. The predicted molar refractivity (Wildman–Crippen MR) is 95.6 cm³/mol. The number of piperidine rings is 1. The predicted octanol–water partition coefficient (Wildman–Crippen LogP) is 2.80. The van der Waals surface area contributed by atoms with Gasteiger partial charge in [-0.05, 0) is 52.8 Å². The second-order valence-corrected chi connectivity index (χ2v) is 8.07. The third kappa shape index (κ3) is 2.50. The number of hydrogen-bond acceptors (Lipinski definition) is 5. The van der Waals surface area contributed by atoms with Gasteiger partial charge in [-0.1, -0.05) is 11.6 Å². The number of hydrogen-bond donors (Lipinski definition) is 1. The first-order valence-electron chi connectivity index (χ1n) is 8.76. The first kappa shape index (κ1) is 16.9. The lowest BCUT2D eigenvalue weighted by molar-refractivity contribution is -0.120. The van der Waals surface area contributed by atoms with Gasteiger partial charge in [-0.3, -0.25) is 9.67 Å². The van der Waals surface area contributed by atoms with E-state index in [9.17, 15) is 0 Å². The van der Waals surface area contributed by atoms with Crippen molar-refractivity contribution in [1.82, 2.24) is 25.1 Å². The highest BCUT2D eigenvalue weighted by molar-refractivity contribution is 6.31. The van der Waals surface area contributed by atoms with Crippen LogP contribution in [0.2, 0.25) is 5.02 Å². The highest BCUT2D eigenvalue weighted by Gasteiger charge is 2.53. The van der Waals surface area contributed by atoms with Crippen molar-refractivity contribution in [3.63, 3.8) is 0 Å². The van der Waals surface area contributed by atoms with E-state index in [1.165, 1.54) is 0 Å². The lowest BCUT2D eigenvalue weighted by Crippen LogP contribution is -2.41. The van der Waals surface area contributed by atoms with E-state index < -0.39 is 0 Å². The van der Waals surface area contributed by atoms with Crippen LogP contribution in [0.15, 0.2) is 12.4 Å². The first-order valence-corrected chi connectivity index (χ1v) is 9.13. The maximum absolute atomic E-state index is 6.77. The molecule has 0 bridgehead atoms. The fourth-order valence-electron chi connectivity index (χ4n) is 4.22. The van der Waals surface area contributed by atoms with Crippen LogP contribution in [0.4, 0.5) is 0 Å². The van der Waals surface area contributed by atoms with Gasteiger partial charge in [-0.15, -0.1) is 0 Å². The van der Waals surface area contributed by atoms with Gasteiger partial charge in [0.25, 0.3) is 0 Å². The maximum Gasteiger partial charge on any atom is 0.138 e. The molecule has 1 fully saturated rings. The number of ether oxygens (including phenoxy) is 1. The Morgan fingerprint density at radius 1 is 1.36 bits per heavy atom. The second-order valence-electron chi connectivity index (χ2n) is 7.66. The Bertz CT molecular complexity index is 810. The minimum atomic E-state index is -0.353. The van der Waals surface area contributed by atoms with E-state index in [4.69, 9.17) is 21.3 Å². The van der Waals surface area contributed by atoms with Crippen molar-refractivity contribution >= 4 is 11.6 Å². The minimum absolute atomic E-state index is 0.158. The molecule has 0 unspecified atom stereocenters. The molecule has 1 N–H and O–H groups in total. The first-order chi connectivity index (χ1) is 11.8. The number of rotatable bonds is 2. The summed E-state index contributed by atoms with van der Waals surface area (Å²) in [4.78, 5) is 9.35. The second kappa shape index (κ2) is 5.76. The summed E-state index contributed by atoms with van der Waals surface area (Å²) in [5.74, 6) is 0.895. The third-order valence-corrected chi connectivity index (χ3v) is 5.98. The van der Waals surface area contributed by atoms with E-state index in [2.05, 4.69) is 29.2 Å². The molecule has 6 nitrogen and oxygen atoms in total. The monoisotopic (exact) mass is 361 g/mol. The highest BCUT2D eigenvalue weighted by Crippen LogP contribution is 2.54. The summed E-state index contributed by atoms with van der Waals surface area (Å²) in [6.07, 6.45) is 3.26. The largest absolute Gasteiger partial charge is 0.360 e. The molecule has 0 radical (unpaired) electrons. The van der Waals surface area contributed by atoms with Crippen molar-refractivity contribution < 1.29 is 4.74 Å². The molecular weight excluding hydrogens is 338 g/mol. The normalized spacial score (nSPS) is 22.4. The number of aromatic nitrogens is 4. The van der Waals surface area contributed by atoms with E-state index in [0.29, 0.717) is 5.02 Å². The SMILES string of the molecule is Cc1nc2c(cc1Cl)[C@@H](C(C)(C)c1ncnn1C)OC21CCNCC1. The Kier molecular flexibility index (Phi) is 3.90. The van der Waals surface area contributed by atoms with Crippen molar-refractivity contribution in [2.75, 3.05) is 13.1 Å². The van der Waals surface area contributed by atoms with Gasteiger partial charge in [-0.25, -0.2) is 4.98 Å². The van der Waals surface area contributed by atoms with Crippen LogP contribution >= 0.6 is 11.6 Å². The van der Waals surface area contributed by atoms with Crippen LogP contribution in [0.1, 0.15) is 55.6 Å². The Morgan fingerprint density at radius 2 is 2.08 bits per heavy atom. The Morgan fingerprint density at radius 3 is 2.72 bits per heavy atom. The number of fused-ring (bicyclic) bond motifs is 2. The standard InChI is InChI=1S/C18H24ClN5O/c1-11-13(19)9-12-14(23-11)18(5-7-20-8-6-18)25-15(12)17(2,3)16-21-10-22-24(16)4/h9-10,15,20H,5-8H2,1-4H3/t15-/m0/s1. The van der Waals surface area contributed by atoms with E-state index in [0.717, 1.165) is 48.7 Å². The van der Waals surface area contributed by atoms with Gasteiger partial charge < -0.3 is 10.1 Å². The Balaban J connectivity index is 1.86. The summed E-state index contributed by atoms with van der Waals surface area (Å²) in [7, 11) is 1.92. The van der Waals surface area contributed by atoms with Crippen LogP contribution in [0, 0.1) is 6.92 Å². The van der Waals surface area contributed by atoms with Crippen LogP contribution < -0.4 is 5.32 Å². The van der Waals surface area contributed by atoms with E-state index in [1.54, 1.807) is 6.33 Å². The topological polar surface area (TPSA) is 64.9 Å². The van der Waals surface area contributed by atoms with Gasteiger partial charge in [-0.2, -0.15) is 5.10 Å². The molecule has 134 valence electrons. The van der Waals surface area contributed by atoms with Crippen LogP contribution in [0.5, 0.6) is 0 Å². The maximum atomic E-state index is 6.77. The van der Waals surface area contributed by atoms with Crippen molar-refractivity contribution in [3.05, 3.63) is 40.2 Å². The molecule has 0 saturated carbocycles. The fourth-order valence-corrected chi connectivity index (χ4v) is 4.38. The number of halogens is 1. The van der Waals surface area contributed by atoms with Gasteiger partial charge in [0.05, 0.1) is 27.9 Å². The fraction of sp³-hybridized carbons (Fsp3) is 0.611. The van der Waals surface area contributed by atoms with Gasteiger partial charge in [0.15, 0.2) is 0 Å². The molecule has 0 aliphatic carbocycles. The van der Waals surface area contributed by atoms with E-state index in [-0.39, 0.29) is 17.1 Å². The van der Waals surface area contributed by atoms with Crippen molar-refractivity contribution in [2.45, 2.75) is 50.7 Å². The number of pyridine rings is 1. The molecule has 1 spiro atoms. The molecular formula is C18H24ClN5O. The minimum Gasteiger partial charge on any atom is -0.360 e. The molecule has 2 aromatic heterocycles. The number of nitrogens with zero attached hydrogens (tertiary/aromatic N) is 4. The summed E-state index contributed by atoms with van der Waals surface area (Å²) < 4.78 is 8.59. The lowest BCUT2D eigenvalue weighted by atomic mass is 9.81. The van der Waals surface area contributed by atoms with Crippen LogP contribution in [0.25, 0.3) is 0 Å². The molecule has 0 aromatic carbocycles. The van der Waals surface area contributed by atoms with Gasteiger partial charge in [0, 0.05) is 12.6 Å². The average molecular weight is 362 g/mol. The van der Waals surface area contributed by atoms with E-state index in [1.807, 2.05) is 24.7 Å². The van der Waals surface area contributed by atoms with Crippen molar-refractivity contribution in [2.24, 2.45) is 7.05 Å². The molecule has 2 aromatic rings. The summed E-state index contributed by atoms with van der Waals surface area (Å²) in [5.41, 5.74) is 2.31. The quantitative estimate of drug-likeness (QED) is 0.891. The van der Waals surface area contributed by atoms with Crippen molar-refractivity contribution in [3.8, 4) is 0 Å². The molecule has 25 heavy (non-hydrogen) atoms. The molecule has 7 heteroatoms. The molecule has 2 aliphatic heterocycles. The Hall–Kier alpha value is -1.50. The zero-order valence-electron chi connectivity index (χ0n) is 15.1.